The fourth-order valence-electron chi connectivity index (χ4n) is 1.39. The minimum absolute atomic E-state index is 0.300. The Bertz CT molecular complexity index is 290. The molecule has 0 aliphatic heterocycles. The third kappa shape index (κ3) is 4.64. The zero-order chi connectivity index (χ0) is 11.3. The highest BCUT2D eigenvalue weighted by molar-refractivity contribution is 7.99. The van der Waals surface area contributed by atoms with E-state index in [1.807, 2.05) is 12.1 Å². The molecule has 1 aromatic heterocycles. The Morgan fingerprint density at radius 3 is 2.67 bits per heavy atom. The van der Waals surface area contributed by atoms with Crippen molar-refractivity contribution in [1.82, 2.24) is 4.98 Å². The molecule has 2 atom stereocenters. The molecular formula is C11H18N2OS. The van der Waals surface area contributed by atoms with Gasteiger partial charge in [0.05, 0.1) is 5.60 Å². The summed E-state index contributed by atoms with van der Waals surface area (Å²) in [6.45, 7) is 4.17. The highest BCUT2D eigenvalue weighted by Gasteiger charge is 2.21. The highest BCUT2D eigenvalue weighted by atomic mass is 32.2. The first kappa shape index (κ1) is 12.5. The number of hydrogen-bond acceptors (Lipinski definition) is 4. The van der Waals surface area contributed by atoms with Crippen LogP contribution in [0.4, 0.5) is 0 Å². The van der Waals surface area contributed by atoms with E-state index in [4.69, 9.17) is 5.73 Å². The first-order chi connectivity index (χ1) is 7.03. The van der Waals surface area contributed by atoms with Crippen molar-refractivity contribution in [3.8, 4) is 0 Å². The summed E-state index contributed by atoms with van der Waals surface area (Å²) in [7, 11) is 0. The smallest absolute Gasteiger partial charge is 0.0752 e. The van der Waals surface area contributed by atoms with Gasteiger partial charge in [-0.25, -0.2) is 0 Å². The molecule has 0 radical (unpaired) electrons. The summed E-state index contributed by atoms with van der Waals surface area (Å²) in [6.07, 6.45) is 4.24. The predicted octanol–water partition coefficient (Wildman–Crippen LogP) is 1.66. The maximum atomic E-state index is 9.82. The number of nitrogens with zero attached hydrogens (tertiary/aromatic N) is 1. The van der Waals surface area contributed by atoms with Gasteiger partial charge in [-0.3, -0.25) is 4.98 Å². The van der Waals surface area contributed by atoms with E-state index in [-0.39, 0.29) is 0 Å². The maximum absolute atomic E-state index is 9.82. The third-order valence-electron chi connectivity index (χ3n) is 2.15. The molecule has 1 rings (SSSR count). The van der Waals surface area contributed by atoms with Crippen LogP contribution in [0.2, 0.25) is 0 Å². The molecular weight excluding hydrogens is 208 g/mol. The van der Waals surface area contributed by atoms with E-state index in [0.29, 0.717) is 18.2 Å². The van der Waals surface area contributed by atoms with Gasteiger partial charge in [0.2, 0.25) is 0 Å². The molecule has 2 unspecified atom stereocenters. The lowest BCUT2D eigenvalue weighted by atomic mass is 10.0. The van der Waals surface area contributed by atoms with Crippen LogP contribution >= 0.6 is 11.8 Å². The molecule has 15 heavy (non-hydrogen) atoms. The second-order valence-corrected chi connectivity index (χ2v) is 5.53. The van der Waals surface area contributed by atoms with Crippen molar-refractivity contribution < 1.29 is 5.11 Å². The number of hydrogen-bond donors (Lipinski definition) is 2. The molecule has 3 nitrogen and oxygen atoms in total. The second-order valence-electron chi connectivity index (χ2n) is 4.02. The predicted molar refractivity (Wildman–Crippen MR) is 63.9 cm³/mol. The molecule has 0 aliphatic carbocycles. The molecule has 84 valence electrons. The quantitative estimate of drug-likeness (QED) is 0.750. The van der Waals surface area contributed by atoms with E-state index in [1.165, 1.54) is 4.90 Å². The Morgan fingerprint density at radius 1 is 1.53 bits per heavy atom. The van der Waals surface area contributed by atoms with Gasteiger partial charge < -0.3 is 10.8 Å². The maximum Gasteiger partial charge on any atom is 0.0752 e. The Kier molecular flexibility index (Phi) is 4.57. The molecule has 0 saturated carbocycles. The Labute approximate surface area is 95.1 Å². The summed E-state index contributed by atoms with van der Waals surface area (Å²) >= 11 is 1.73. The Morgan fingerprint density at radius 2 is 2.13 bits per heavy atom. The van der Waals surface area contributed by atoms with Crippen molar-refractivity contribution in [3.05, 3.63) is 24.5 Å². The molecule has 0 spiro atoms. The number of aromatic nitrogens is 1. The van der Waals surface area contributed by atoms with Crippen LogP contribution in [0.25, 0.3) is 0 Å². The molecule has 0 aliphatic rings. The average Bonchev–Trinajstić information content (AvgIpc) is 2.18. The molecule has 0 aromatic carbocycles. The Hall–Kier alpha value is -0.580. The first-order valence-corrected chi connectivity index (χ1v) is 5.90. The molecule has 1 heterocycles. The topological polar surface area (TPSA) is 59.1 Å². The van der Waals surface area contributed by atoms with Gasteiger partial charge in [0.1, 0.15) is 0 Å². The van der Waals surface area contributed by atoms with Crippen LogP contribution in [-0.2, 0) is 0 Å². The van der Waals surface area contributed by atoms with Gasteiger partial charge in [-0.1, -0.05) is 6.92 Å². The van der Waals surface area contributed by atoms with Crippen molar-refractivity contribution in [2.75, 3.05) is 6.54 Å². The van der Waals surface area contributed by atoms with E-state index in [0.717, 1.165) is 0 Å². The highest BCUT2D eigenvalue weighted by Crippen LogP contribution is 2.27. The normalized spacial score (nSPS) is 17.1. The van der Waals surface area contributed by atoms with Gasteiger partial charge in [-0.2, -0.15) is 0 Å². The molecule has 4 heteroatoms. The number of pyridine rings is 1. The number of aliphatic hydroxyl groups is 1. The van der Waals surface area contributed by atoms with Crippen LogP contribution in [0.15, 0.2) is 29.4 Å². The van der Waals surface area contributed by atoms with Crippen molar-refractivity contribution in [2.45, 2.75) is 36.0 Å². The van der Waals surface area contributed by atoms with Crippen LogP contribution < -0.4 is 5.73 Å². The zero-order valence-corrected chi connectivity index (χ0v) is 10.00. The van der Waals surface area contributed by atoms with Gasteiger partial charge in [0, 0.05) is 29.1 Å². The van der Waals surface area contributed by atoms with Gasteiger partial charge in [-0.15, -0.1) is 11.8 Å². The third-order valence-corrected chi connectivity index (χ3v) is 3.27. The SMILES string of the molecule is CC(CC(C)(O)CN)Sc1ccncc1. The van der Waals surface area contributed by atoms with Crippen molar-refractivity contribution >= 4 is 11.8 Å². The van der Waals surface area contributed by atoms with Gasteiger partial charge in [0.25, 0.3) is 0 Å². The van der Waals surface area contributed by atoms with Gasteiger partial charge in [0.15, 0.2) is 0 Å². The van der Waals surface area contributed by atoms with Crippen molar-refractivity contribution in [3.63, 3.8) is 0 Å². The van der Waals surface area contributed by atoms with E-state index in [9.17, 15) is 5.11 Å². The molecule has 0 bridgehead atoms. The minimum Gasteiger partial charge on any atom is -0.389 e. The monoisotopic (exact) mass is 226 g/mol. The van der Waals surface area contributed by atoms with E-state index in [2.05, 4.69) is 11.9 Å². The van der Waals surface area contributed by atoms with Crippen molar-refractivity contribution in [1.29, 1.82) is 0 Å². The zero-order valence-electron chi connectivity index (χ0n) is 9.18. The summed E-state index contributed by atoms with van der Waals surface area (Å²) < 4.78 is 0. The minimum atomic E-state index is -0.764. The number of nitrogens with two attached hydrogens (primary N) is 1. The molecule has 0 fully saturated rings. The fraction of sp³-hybridized carbons (Fsp3) is 0.545. The van der Waals surface area contributed by atoms with E-state index < -0.39 is 5.60 Å². The van der Waals surface area contributed by atoms with Gasteiger partial charge in [-0.05, 0) is 25.5 Å². The van der Waals surface area contributed by atoms with E-state index in [1.54, 1.807) is 31.1 Å². The van der Waals surface area contributed by atoms with Gasteiger partial charge >= 0.3 is 0 Å². The lowest BCUT2D eigenvalue weighted by Gasteiger charge is -2.24. The van der Waals surface area contributed by atoms with Crippen LogP contribution in [0, 0.1) is 0 Å². The molecule has 0 saturated heterocycles. The van der Waals surface area contributed by atoms with Crippen LogP contribution in [0.5, 0.6) is 0 Å². The fourth-order valence-corrected chi connectivity index (χ4v) is 2.58. The van der Waals surface area contributed by atoms with Crippen LogP contribution in [0.1, 0.15) is 20.3 Å². The standard InChI is InChI=1S/C11H18N2OS/c1-9(7-11(2,14)8-12)15-10-3-5-13-6-4-10/h3-6,9,14H,7-8,12H2,1-2H3. The largest absolute Gasteiger partial charge is 0.389 e. The summed E-state index contributed by atoms with van der Waals surface area (Å²) in [5.74, 6) is 0. The molecule has 3 N–H and O–H groups in total. The summed E-state index contributed by atoms with van der Waals surface area (Å²) in [5, 5.41) is 10.2. The lowest BCUT2D eigenvalue weighted by Crippen LogP contribution is -2.36. The molecule has 0 amide bonds. The van der Waals surface area contributed by atoms with E-state index >= 15 is 0 Å². The number of thioether (sulfide) groups is 1. The van der Waals surface area contributed by atoms with Crippen molar-refractivity contribution in [2.24, 2.45) is 5.73 Å². The first-order valence-electron chi connectivity index (χ1n) is 5.02. The van der Waals surface area contributed by atoms with Crippen LogP contribution in [-0.4, -0.2) is 27.5 Å². The van der Waals surface area contributed by atoms with Crippen LogP contribution in [0.3, 0.4) is 0 Å². The average molecular weight is 226 g/mol. The summed E-state index contributed by atoms with van der Waals surface area (Å²) in [5.41, 5.74) is 4.71. The summed E-state index contributed by atoms with van der Waals surface area (Å²) in [4.78, 5) is 5.13. The Balaban J connectivity index is 2.46. The second kappa shape index (κ2) is 5.49. The number of rotatable bonds is 5. The summed E-state index contributed by atoms with van der Waals surface area (Å²) in [6, 6.07) is 3.94. The molecule has 1 aromatic rings. The lowest BCUT2D eigenvalue weighted by molar-refractivity contribution is 0.0608.